The van der Waals surface area contributed by atoms with Gasteiger partial charge < -0.3 is 9.47 Å². The predicted molar refractivity (Wildman–Crippen MR) is 60.7 cm³/mol. The van der Waals surface area contributed by atoms with Crippen LogP contribution in [0.1, 0.15) is 23.7 Å². The molecule has 1 aliphatic rings. The first-order valence-corrected chi connectivity index (χ1v) is 5.61. The van der Waals surface area contributed by atoms with Crippen molar-refractivity contribution in [3.05, 3.63) is 35.9 Å². The number of halogens is 1. The molecule has 1 aliphatic heterocycles. The van der Waals surface area contributed by atoms with E-state index in [1.165, 1.54) is 0 Å². The third-order valence-corrected chi connectivity index (χ3v) is 2.72. The molecular weight excluding hydrogens is 239 g/mol. The second kappa shape index (κ2) is 4.76. The van der Waals surface area contributed by atoms with Gasteiger partial charge in [0.15, 0.2) is 0 Å². The van der Waals surface area contributed by atoms with E-state index in [0.29, 0.717) is 5.56 Å². The lowest BCUT2D eigenvalue weighted by molar-refractivity contribution is -0.150. The van der Waals surface area contributed by atoms with Crippen molar-refractivity contribution in [2.45, 2.75) is 25.1 Å². The van der Waals surface area contributed by atoms with E-state index in [-0.39, 0.29) is 13.0 Å². The van der Waals surface area contributed by atoms with Gasteiger partial charge in [-0.2, -0.15) is 0 Å². The maximum absolute atomic E-state index is 13.5. The molecule has 18 heavy (non-hydrogen) atoms. The van der Waals surface area contributed by atoms with Gasteiger partial charge in [0.1, 0.15) is 12.7 Å². The molecule has 0 saturated carbocycles. The second-order valence-corrected chi connectivity index (χ2v) is 4.39. The molecule has 0 aliphatic carbocycles. The van der Waals surface area contributed by atoms with Crippen LogP contribution >= 0.6 is 0 Å². The summed E-state index contributed by atoms with van der Waals surface area (Å²) < 4.78 is 23.2. The number of carbonyl (C=O) groups is 2. The maximum Gasteiger partial charge on any atom is 0.344 e. The quantitative estimate of drug-likeness (QED) is 0.771. The number of carbonyl (C=O) groups excluding carboxylic acids is 2. The molecule has 2 atom stereocenters. The lowest BCUT2D eigenvalue weighted by atomic mass is 10.1. The highest BCUT2D eigenvalue weighted by Gasteiger charge is 2.46. The fourth-order valence-corrected chi connectivity index (χ4v) is 1.75. The Labute approximate surface area is 104 Å². The number of alkyl halides is 1. The van der Waals surface area contributed by atoms with Gasteiger partial charge >= 0.3 is 11.9 Å². The van der Waals surface area contributed by atoms with Crippen molar-refractivity contribution in [3.8, 4) is 0 Å². The van der Waals surface area contributed by atoms with Crippen LogP contribution < -0.4 is 0 Å². The van der Waals surface area contributed by atoms with E-state index in [0.717, 1.165) is 6.92 Å². The first kappa shape index (κ1) is 12.5. The Balaban J connectivity index is 1.87. The van der Waals surface area contributed by atoms with Gasteiger partial charge in [-0.15, -0.1) is 0 Å². The number of hydrogen-bond donors (Lipinski definition) is 0. The average molecular weight is 252 g/mol. The third kappa shape index (κ3) is 2.67. The first-order valence-electron chi connectivity index (χ1n) is 5.61. The lowest BCUT2D eigenvalue weighted by Gasteiger charge is -2.09. The monoisotopic (exact) mass is 252 g/mol. The van der Waals surface area contributed by atoms with Crippen molar-refractivity contribution in [1.82, 2.24) is 0 Å². The molecule has 0 aromatic heterocycles. The summed E-state index contributed by atoms with van der Waals surface area (Å²) in [5.41, 5.74) is -1.58. The molecule has 0 N–H and O–H groups in total. The molecule has 2 rings (SSSR count). The summed E-state index contributed by atoms with van der Waals surface area (Å²) >= 11 is 0. The van der Waals surface area contributed by atoms with Crippen molar-refractivity contribution < 1.29 is 23.5 Å². The molecule has 0 bridgehead atoms. The van der Waals surface area contributed by atoms with Crippen molar-refractivity contribution in [1.29, 1.82) is 0 Å². The molecule has 96 valence electrons. The molecular formula is C13H13FO4. The highest BCUT2D eigenvalue weighted by atomic mass is 19.1. The Morgan fingerprint density at radius 1 is 1.50 bits per heavy atom. The molecule has 0 spiro atoms. The van der Waals surface area contributed by atoms with Gasteiger partial charge in [-0.25, -0.2) is 14.0 Å². The van der Waals surface area contributed by atoms with Crippen LogP contribution in [0.15, 0.2) is 30.3 Å². The minimum absolute atomic E-state index is 0.0894. The minimum atomic E-state index is -1.98. The molecule has 0 radical (unpaired) electrons. The predicted octanol–water partition coefficient (Wildman–Crippen LogP) is 1.89. The molecule has 1 fully saturated rings. The first-order chi connectivity index (χ1) is 8.49. The van der Waals surface area contributed by atoms with E-state index in [1.807, 2.05) is 0 Å². The number of esters is 2. The third-order valence-electron chi connectivity index (χ3n) is 2.72. The zero-order valence-corrected chi connectivity index (χ0v) is 9.89. The topological polar surface area (TPSA) is 52.6 Å². The van der Waals surface area contributed by atoms with E-state index < -0.39 is 23.7 Å². The summed E-state index contributed by atoms with van der Waals surface area (Å²) in [4.78, 5) is 22.7. The number of ether oxygens (including phenoxy) is 2. The Hall–Kier alpha value is -1.91. The summed E-state index contributed by atoms with van der Waals surface area (Å²) in [6, 6.07) is 8.43. The Bertz CT molecular complexity index is 455. The summed E-state index contributed by atoms with van der Waals surface area (Å²) in [6.45, 7) is 1.04. The van der Waals surface area contributed by atoms with Crippen LogP contribution in [0.25, 0.3) is 0 Å². The van der Waals surface area contributed by atoms with Crippen molar-refractivity contribution in [3.63, 3.8) is 0 Å². The Morgan fingerprint density at radius 3 is 2.72 bits per heavy atom. The van der Waals surface area contributed by atoms with Crippen LogP contribution in [0, 0.1) is 0 Å². The fourth-order valence-electron chi connectivity index (χ4n) is 1.75. The van der Waals surface area contributed by atoms with Crippen LogP contribution in [0.4, 0.5) is 4.39 Å². The van der Waals surface area contributed by atoms with Gasteiger partial charge in [0.2, 0.25) is 5.67 Å². The molecule has 2 unspecified atom stereocenters. The van der Waals surface area contributed by atoms with Crippen LogP contribution in [0.2, 0.25) is 0 Å². The van der Waals surface area contributed by atoms with Gasteiger partial charge in [0.25, 0.3) is 0 Å². The molecule has 0 amide bonds. The van der Waals surface area contributed by atoms with Crippen molar-refractivity contribution in [2.24, 2.45) is 0 Å². The number of cyclic esters (lactones) is 1. The van der Waals surface area contributed by atoms with Crippen molar-refractivity contribution >= 4 is 11.9 Å². The van der Waals surface area contributed by atoms with Crippen molar-refractivity contribution in [2.75, 3.05) is 6.61 Å². The lowest BCUT2D eigenvalue weighted by Crippen LogP contribution is -2.23. The Morgan fingerprint density at radius 2 is 2.17 bits per heavy atom. The van der Waals surface area contributed by atoms with E-state index in [9.17, 15) is 14.0 Å². The largest absolute Gasteiger partial charge is 0.458 e. The van der Waals surface area contributed by atoms with Crippen LogP contribution in [-0.2, 0) is 14.3 Å². The maximum atomic E-state index is 13.5. The van der Waals surface area contributed by atoms with Crippen LogP contribution in [-0.4, -0.2) is 30.3 Å². The van der Waals surface area contributed by atoms with Gasteiger partial charge in [0.05, 0.1) is 5.56 Å². The summed E-state index contributed by atoms with van der Waals surface area (Å²) in [7, 11) is 0. The summed E-state index contributed by atoms with van der Waals surface area (Å²) in [5.74, 6) is -1.41. The minimum Gasteiger partial charge on any atom is -0.458 e. The second-order valence-electron chi connectivity index (χ2n) is 4.39. The zero-order chi connectivity index (χ0) is 13.2. The standard InChI is InChI=1S/C13H13FO4/c1-13(14)7-10(18-12(13)16)8-17-11(15)9-5-3-2-4-6-9/h2-6,10H,7-8H2,1H3. The molecule has 5 heteroatoms. The van der Waals surface area contributed by atoms with E-state index in [1.54, 1.807) is 30.3 Å². The molecule has 1 saturated heterocycles. The molecule has 1 heterocycles. The molecule has 1 aromatic rings. The highest BCUT2D eigenvalue weighted by Crippen LogP contribution is 2.29. The van der Waals surface area contributed by atoms with Crippen LogP contribution in [0.5, 0.6) is 0 Å². The average Bonchev–Trinajstić information content (AvgIpc) is 2.61. The van der Waals surface area contributed by atoms with E-state index in [2.05, 4.69) is 0 Å². The van der Waals surface area contributed by atoms with Crippen LogP contribution in [0.3, 0.4) is 0 Å². The van der Waals surface area contributed by atoms with Gasteiger partial charge in [-0.3, -0.25) is 0 Å². The van der Waals surface area contributed by atoms with Gasteiger partial charge in [0, 0.05) is 6.42 Å². The van der Waals surface area contributed by atoms with Gasteiger partial charge in [-0.1, -0.05) is 18.2 Å². The zero-order valence-electron chi connectivity index (χ0n) is 9.89. The fraction of sp³-hybridized carbons (Fsp3) is 0.385. The smallest absolute Gasteiger partial charge is 0.344 e. The summed E-state index contributed by atoms with van der Waals surface area (Å²) in [5, 5.41) is 0. The SMILES string of the molecule is CC1(F)CC(COC(=O)c2ccccc2)OC1=O. The number of rotatable bonds is 3. The van der Waals surface area contributed by atoms with E-state index in [4.69, 9.17) is 9.47 Å². The molecule has 4 nitrogen and oxygen atoms in total. The normalized spacial score (nSPS) is 26.8. The molecule has 1 aromatic carbocycles. The van der Waals surface area contributed by atoms with Gasteiger partial charge in [-0.05, 0) is 19.1 Å². The van der Waals surface area contributed by atoms with E-state index >= 15 is 0 Å². The number of benzene rings is 1. The summed E-state index contributed by atoms with van der Waals surface area (Å²) in [6.07, 6.45) is -0.798. The number of hydrogen-bond acceptors (Lipinski definition) is 4. The highest BCUT2D eigenvalue weighted by molar-refractivity contribution is 5.89. The Kier molecular flexibility index (Phi) is 3.32.